The van der Waals surface area contributed by atoms with Gasteiger partial charge in [-0.1, -0.05) is 17.8 Å². The fourth-order valence-electron chi connectivity index (χ4n) is 1.44. The Morgan fingerprint density at radius 1 is 1.50 bits per heavy atom. The summed E-state index contributed by atoms with van der Waals surface area (Å²) in [5.41, 5.74) is 13.0. The Morgan fingerprint density at radius 3 is 2.83 bits per heavy atom. The van der Waals surface area contributed by atoms with Gasteiger partial charge in [0, 0.05) is 24.1 Å². The van der Waals surface area contributed by atoms with Crippen LogP contribution in [0.15, 0.2) is 29.7 Å². The second kappa shape index (κ2) is 5.09. The van der Waals surface area contributed by atoms with Gasteiger partial charge in [0.1, 0.15) is 6.33 Å². The van der Waals surface area contributed by atoms with E-state index >= 15 is 0 Å². The van der Waals surface area contributed by atoms with Crippen LogP contribution in [-0.4, -0.2) is 20.7 Å². The summed E-state index contributed by atoms with van der Waals surface area (Å²) in [5, 5.41) is 4.79. The molecule has 0 aliphatic heterocycles. The molecule has 0 saturated heterocycles. The number of nitrogen functional groups attached to an aromatic ring is 1. The second-order valence-electron chi connectivity index (χ2n) is 3.73. The molecule has 2 aromatic rings. The van der Waals surface area contributed by atoms with Crippen molar-refractivity contribution in [2.45, 2.75) is 10.9 Å². The van der Waals surface area contributed by atoms with Crippen LogP contribution in [0.4, 0.5) is 5.69 Å². The molecule has 4 N–H and O–H groups in total. The second-order valence-corrected chi connectivity index (χ2v) is 4.68. The minimum Gasteiger partial charge on any atom is -0.398 e. The van der Waals surface area contributed by atoms with E-state index in [1.54, 1.807) is 22.9 Å². The molecule has 7 heteroatoms. The number of aryl methyl sites for hydroxylation is 1. The maximum atomic E-state index is 11.0. The summed E-state index contributed by atoms with van der Waals surface area (Å²) in [6, 6.07) is 5.07. The molecule has 0 unspecified atom stereocenters. The number of amides is 1. The van der Waals surface area contributed by atoms with Gasteiger partial charge < -0.3 is 11.5 Å². The number of anilines is 1. The predicted octanol–water partition coefficient (Wildman–Crippen LogP) is 0.789. The van der Waals surface area contributed by atoms with Crippen LogP contribution >= 0.6 is 11.8 Å². The Hall–Kier alpha value is -2.02. The van der Waals surface area contributed by atoms with Crippen LogP contribution in [-0.2, 0) is 12.8 Å². The van der Waals surface area contributed by atoms with E-state index < -0.39 is 5.91 Å². The first-order valence-electron chi connectivity index (χ1n) is 5.23. The van der Waals surface area contributed by atoms with E-state index in [-0.39, 0.29) is 0 Å². The largest absolute Gasteiger partial charge is 0.398 e. The Kier molecular flexibility index (Phi) is 3.52. The first kappa shape index (κ1) is 12.4. The lowest BCUT2D eigenvalue weighted by molar-refractivity contribution is 0.100. The van der Waals surface area contributed by atoms with Crippen molar-refractivity contribution in [3.05, 3.63) is 35.7 Å². The molecule has 0 atom stereocenters. The SMILES string of the molecule is Cn1ncnc1SCc1ccc(C(N)=O)cc1N. The molecule has 0 saturated carbocycles. The summed E-state index contributed by atoms with van der Waals surface area (Å²) in [6.07, 6.45) is 1.50. The summed E-state index contributed by atoms with van der Waals surface area (Å²) in [7, 11) is 1.83. The number of primary amides is 1. The maximum Gasteiger partial charge on any atom is 0.248 e. The summed E-state index contributed by atoms with van der Waals surface area (Å²) in [5.74, 6) is 0.187. The summed E-state index contributed by atoms with van der Waals surface area (Å²) < 4.78 is 1.69. The van der Waals surface area contributed by atoms with Gasteiger partial charge in [0.05, 0.1) is 0 Å². The topological polar surface area (TPSA) is 99.8 Å². The molecule has 1 amide bonds. The summed E-state index contributed by atoms with van der Waals surface area (Å²) in [6.45, 7) is 0. The standard InChI is InChI=1S/C11H13N5OS/c1-16-11(14-6-15-16)18-5-8-3-2-7(10(13)17)4-9(8)12/h2-4,6H,5,12H2,1H3,(H2,13,17). The van der Waals surface area contributed by atoms with Gasteiger partial charge in [0.2, 0.25) is 5.91 Å². The smallest absolute Gasteiger partial charge is 0.248 e. The number of hydrogen-bond acceptors (Lipinski definition) is 5. The number of thioether (sulfide) groups is 1. The van der Waals surface area contributed by atoms with E-state index in [2.05, 4.69) is 10.1 Å². The van der Waals surface area contributed by atoms with Gasteiger partial charge in [0.25, 0.3) is 0 Å². The van der Waals surface area contributed by atoms with Crippen molar-refractivity contribution in [1.29, 1.82) is 0 Å². The van der Waals surface area contributed by atoms with Gasteiger partial charge in [-0.05, 0) is 17.7 Å². The van der Waals surface area contributed by atoms with Crippen molar-refractivity contribution in [1.82, 2.24) is 14.8 Å². The highest BCUT2D eigenvalue weighted by atomic mass is 32.2. The molecule has 94 valence electrons. The van der Waals surface area contributed by atoms with Gasteiger partial charge in [0.15, 0.2) is 5.16 Å². The number of benzene rings is 1. The molecular formula is C11H13N5OS. The lowest BCUT2D eigenvalue weighted by Gasteiger charge is -2.06. The molecular weight excluding hydrogens is 250 g/mol. The molecule has 0 aliphatic carbocycles. The van der Waals surface area contributed by atoms with E-state index in [0.717, 1.165) is 10.7 Å². The zero-order valence-electron chi connectivity index (χ0n) is 9.83. The summed E-state index contributed by atoms with van der Waals surface area (Å²) >= 11 is 1.53. The van der Waals surface area contributed by atoms with Crippen molar-refractivity contribution in [2.75, 3.05) is 5.73 Å². The average molecular weight is 263 g/mol. The molecule has 2 rings (SSSR count). The highest BCUT2D eigenvalue weighted by Crippen LogP contribution is 2.24. The molecule has 6 nitrogen and oxygen atoms in total. The van der Waals surface area contributed by atoms with Crippen LogP contribution in [0.1, 0.15) is 15.9 Å². The quantitative estimate of drug-likeness (QED) is 0.627. The molecule has 0 radical (unpaired) electrons. The van der Waals surface area contributed by atoms with Crippen LogP contribution in [0, 0.1) is 0 Å². The molecule has 0 fully saturated rings. The summed E-state index contributed by atoms with van der Waals surface area (Å²) in [4.78, 5) is 15.1. The highest BCUT2D eigenvalue weighted by Gasteiger charge is 2.07. The monoisotopic (exact) mass is 263 g/mol. The number of carbonyl (C=O) groups is 1. The Balaban J connectivity index is 2.11. The molecule has 18 heavy (non-hydrogen) atoms. The van der Waals surface area contributed by atoms with Gasteiger partial charge in [-0.3, -0.25) is 4.79 Å². The normalized spacial score (nSPS) is 10.5. The van der Waals surface area contributed by atoms with Crippen molar-refractivity contribution in [3.63, 3.8) is 0 Å². The number of rotatable bonds is 4. The lowest BCUT2D eigenvalue weighted by atomic mass is 10.1. The van der Waals surface area contributed by atoms with E-state index in [0.29, 0.717) is 17.0 Å². The molecule has 0 bridgehead atoms. The fraction of sp³-hybridized carbons (Fsp3) is 0.182. The minimum atomic E-state index is -0.478. The van der Waals surface area contributed by atoms with Gasteiger partial charge >= 0.3 is 0 Å². The van der Waals surface area contributed by atoms with Crippen LogP contribution in [0.2, 0.25) is 0 Å². The van der Waals surface area contributed by atoms with Crippen molar-refractivity contribution in [3.8, 4) is 0 Å². The third kappa shape index (κ3) is 2.62. The average Bonchev–Trinajstić information content (AvgIpc) is 2.73. The van der Waals surface area contributed by atoms with E-state index in [1.165, 1.54) is 18.1 Å². The first-order valence-corrected chi connectivity index (χ1v) is 6.21. The van der Waals surface area contributed by atoms with E-state index in [1.807, 2.05) is 7.05 Å². The number of nitrogens with zero attached hydrogens (tertiary/aromatic N) is 3. The fourth-order valence-corrected chi connectivity index (χ4v) is 2.34. The molecule has 0 spiro atoms. The van der Waals surface area contributed by atoms with Crippen molar-refractivity contribution >= 4 is 23.4 Å². The number of nitrogens with two attached hydrogens (primary N) is 2. The molecule has 1 aromatic heterocycles. The van der Waals surface area contributed by atoms with E-state index in [9.17, 15) is 4.79 Å². The van der Waals surface area contributed by atoms with Crippen molar-refractivity contribution < 1.29 is 4.79 Å². The van der Waals surface area contributed by atoms with Crippen LogP contribution in [0.5, 0.6) is 0 Å². The highest BCUT2D eigenvalue weighted by molar-refractivity contribution is 7.98. The zero-order valence-corrected chi connectivity index (χ0v) is 10.6. The number of aromatic nitrogens is 3. The first-order chi connectivity index (χ1) is 8.58. The van der Waals surface area contributed by atoms with Crippen molar-refractivity contribution in [2.24, 2.45) is 12.8 Å². The van der Waals surface area contributed by atoms with Gasteiger partial charge in [-0.2, -0.15) is 5.10 Å². The molecule has 1 heterocycles. The Labute approximate surface area is 108 Å². The van der Waals surface area contributed by atoms with Crippen LogP contribution in [0.25, 0.3) is 0 Å². The van der Waals surface area contributed by atoms with Crippen LogP contribution < -0.4 is 11.5 Å². The van der Waals surface area contributed by atoms with E-state index in [4.69, 9.17) is 11.5 Å². The maximum absolute atomic E-state index is 11.0. The lowest BCUT2D eigenvalue weighted by Crippen LogP contribution is -2.11. The number of hydrogen-bond donors (Lipinski definition) is 2. The third-order valence-electron chi connectivity index (χ3n) is 2.46. The molecule has 0 aliphatic rings. The zero-order chi connectivity index (χ0) is 13.1. The minimum absolute atomic E-state index is 0.417. The van der Waals surface area contributed by atoms with Crippen LogP contribution in [0.3, 0.4) is 0 Å². The predicted molar refractivity (Wildman–Crippen MR) is 69.9 cm³/mol. The Bertz CT molecular complexity index is 581. The van der Waals surface area contributed by atoms with Gasteiger partial charge in [-0.15, -0.1) is 0 Å². The Morgan fingerprint density at radius 2 is 2.28 bits per heavy atom. The molecule has 1 aromatic carbocycles. The number of carbonyl (C=O) groups excluding carboxylic acids is 1. The van der Waals surface area contributed by atoms with Gasteiger partial charge in [-0.25, -0.2) is 9.67 Å². The third-order valence-corrected chi connectivity index (χ3v) is 3.54.